The molecule has 0 spiro atoms. The molecule has 20 heavy (non-hydrogen) atoms. The number of aliphatic hydroxyl groups excluding tert-OH is 1. The van der Waals surface area contributed by atoms with E-state index in [1.165, 1.54) is 0 Å². The van der Waals surface area contributed by atoms with Gasteiger partial charge in [-0.2, -0.15) is 0 Å². The lowest BCUT2D eigenvalue weighted by Crippen LogP contribution is -2.52. The van der Waals surface area contributed by atoms with Gasteiger partial charge in [-0.1, -0.05) is 13.3 Å². The second kappa shape index (κ2) is 8.92. The van der Waals surface area contributed by atoms with E-state index in [0.717, 1.165) is 19.4 Å². The van der Waals surface area contributed by atoms with E-state index in [9.17, 15) is 9.59 Å². The van der Waals surface area contributed by atoms with Crippen LogP contribution in [0, 0.1) is 0 Å². The second-order valence-corrected chi connectivity index (χ2v) is 5.24. The van der Waals surface area contributed by atoms with Crippen LogP contribution in [0.1, 0.15) is 26.7 Å². The lowest BCUT2D eigenvalue weighted by atomic mass is 10.2. The normalized spacial score (nSPS) is 15.8. The van der Waals surface area contributed by atoms with E-state index < -0.39 is 0 Å². The minimum atomic E-state index is 0.0713. The summed E-state index contributed by atoms with van der Waals surface area (Å²) in [5.74, 6) is 0.166. The molecule has 1 fully saturated rings. The number of piperazine rings is 1. The van der Waals surface area contributed by atoms with Crippen LogP contribution in [0.2, 0.25) is 0 Å². The van der Waals surface area contributed by atoms with Crippen LogP contribution < -0.4 is 0 Å². The molecular formula is C14H27N3O3. The van der Waals surface area contributed by atoms with E-state index >= 15 is 0 Å². The predicted octanol–water partition coefficient (Wildman–Crippen LogP) is -0.228. The van der Waals surface area contributed by atoms with Gasteiger partial charge in [-0.3, -0.25) is 14.5 Å². The van der Waals surface area contributed by atoms with Gasteiger partial charge in [0.2, 0.25) is 11.8 Å². The molecule has 1 rings (SSSR count). The maximum Gasteiger partial charge on any atom is 0.236 e. The summed E-state index contributed by atoms with van der Waals surface area (Å²) in [7, 11) is 0. The summed E-state index contributed by atoms with van der Waals surface area (Å²) in [6.07, 6.45) is 2.11. The maximum atomic E-state index is 12.2. The van der Waals surface area contributed by atoms with Crippen LogP contribution in [0.5, 0.6) is 0 Å². The number of carbonyl (C=O) groups is 2. The average Bonchev–Trinajstić information content (AvgIpc) is 2.45. The van der Waals surface area contributed by atoms with Crippen LogP contribution in [0.15, 0.2) is 0 Å². The summed E-state index contributed by atoms with van der Waals surface area (Å²) < 4.78 is 0. The molecule has 1 aliphatic heterocycles. The second-order valence-electron chi connectivity index (χ2n) is 5.24. The van der Waals surface area contributed by atoms with Crippen molar-refractivity contribution < 1.29 is 14.7 Å². The van der Waals surface area contributed by atoms with Crippen molar-refractivity contribution >= 4 is 11.8 Å². The Hall–Kier alpha value is -1.14. The molecule has 1 heterocycles. The van der Waals surface area contributed by atoms with Crippen molar-refractivity contribution in [2.24, 2.45) is 0 Å². The zero-order chi connectivity index (χ0) is 15.0. The Morgan fingerprint density at radius 1 is 1.10 bits per heavy atom. The Bertz CT molecular complexity index is 315. The highest BCUT2D eigenvalue weighted by atomic mass is 16.3. The fourth-order valence-electron chi connectivity index (χ4n) is 2.36. The van der Waals surface area contributed by atoms with E-state index in [4.69, 9.17) is 5.11 Å². The summed E-state index contributed by atoms with van der Waals surface area (Å²) in [6, 6.07) is 0. The Labute approximate surface area is 121 Å². The van der Waals surface area contributed by atoms with Crippen LogP contribution in [0.3, 0.4) is 0 Å². The fourth-order valence-corrected chi connectivity index (χ4v) is 2.36. The quantitative estimate of drug-likeness (QED) is 0.702. The molecule has 0 aromatic rings. The molecule has 0 saturated carbocycles. The first-order valence-electron chi connectivity index (χ1n) is 7.45. The van der Waals surface area contributed by atoms with Gasteiger partial charge < -0.3 is 14.9 Å². The first kappa shape index (κ1) is 16.9. The van der Waals surface area contributed by atoms with Crippen molar-refractivity contribution in [3.63, 3.8) is 0 Å². The van der Waals surface area contributed by atoms with Gasteiger partial charge in [-0.05, 0) is 13.0 Å². The fraction of sp³-hybridized carbons (Fsp3) is 0.857. The molecule has 0 unspecified atom stereocenters. The minimum absolute atomic E-state index is 0.0713. The molecule has 2 amide bonds. The molecule has 0 radical (unpaired) electrons. The summed E-state index contributed by atoms with van der Waals surface area (Å²) >= 11 is 0. The number of hydrogen-bond donors (Lipinski definition) is 1. The molecule has 0 aromatic heterocycles. The number of aliphatic hydroxyl groups is 1. The Balaban J connectivity index is 2.39. The molecule has 0 aromatic carbocycles. The van der Waals surface area contributed by atoms with Gasteiger partial charge in [0, 0.05) is 39.6 Å². The zero-order valence-corrected chi connectivity index (χ0v) is 12.7. The highest BCUT2D eigenvalue weighted by Crippen LogP contribution is 2.04. The van der Waals surface area contributed by atoms with Crippen molar-refractivity contribution in [2.45, 2.75) is 26.7 Å². The van der Waals surface area contributed by atoms with Gasteiger partial charge >= 0.3 is 0 Å². The third kappa shape index (κ3) is 5.46. The smallest absolute Gasteiger partial charge is 0.236 e. The topological polar surface area (TPSA) is 64.1 Å². The van der Waals surface area contributed by atoms with E-state index in [-0.39, 0.29) is 18.4 Å². The van der Waals surface area contributed by atoms with Crippen molar-refractivity contribution in [1.82, 2.24) is 14.7 Å². The number of amides is 2. The molecule has 0 bridgehead atoms. The maximum absolute atomic E-state index is 12.2. The van der Waals surface area contributed by atoms with E-state index in [2.05, 4.69) is 6.92 Å². The molecule has 1 aliphatic rings. The predicted molar refractivity (Wildman–Crippen MR) is 77.3 cm³/mol. The monoisotopic (exact) mass is 285 g/mol. The Morgan fingerprint density at radius 2 is 1.70 bits per heavy atom. The molecule has 0 aliphatic carbocycles. The van der Waals surface area contributed by atoms with Crippen LogP contribution in [0.4, 0.5) is 0 Å². The number of nitrogens with zero attached hydrogens (tertiary/aromatic N) is 3. The standard InChI is InChI=1S/C14H27N3O3/c1-3-4-5-15(10-11-18)12-14(20)17-8-6-16(7-9-17)13(2)19/h18H,3-12H2,1-2H3. The first-order chi connectivity index (χ1) is 9.58. The molecule has 116 valence electrons. The number of rotatable bonds is 7. The summed E-state index contributed by atoms with van der Waals surface area (Å²) in [4.78, 5) is 29.1. The van der Waals surface area contributed by atoms with Crippen molar-refractivity contribution in [2.75, 3.05) is 52.4 Å². The van der Waals surface area contributed by atoms with Crippen LogP contribution in [-0.2, 0) is 9.59 Å². The van der Waals surface area contributed by atoms with Gasteiger partial charge in [0.25, 0.3) is 0 Å². The number of hydrogen-bond acceptors (Lipinski definition) is 4. The molecule has 0 atom stereocenters. The summed E-state index contributed by atoms with van der Waals surface area (Å²) in [5.41, 5.74) is 0. The third-order valence-electron chi connectivity index (χ3n) is 3.68. The van der Waals surface area contributed by atoms with Gasteiger partial charge in [0.1, 0.15) is 0 Å². The van der Waals surface area contributed by atoms with Crippen molar-refractivity contribution in [3.05, 3.63) is 0 Å². The number of unbranched alkanes of at least 4 members (excludes halogenated alkanes) is 1. The summed E-state index contributed by atoms with van der Waals surface area (Å²) in [6.45, 7) is 7.96. The minimum Gasteiger partial charge on any atom is -0.395 e. The Morgan fingerprint density at radius 3 is 2.20 bits per heavy atom. The molecule has 6 nitrogen and oxygen atoms in total. The van der Waals surface area contributed by atoms with Crippen LogP contribution >= 0.6 is 0 Å². The lowest BCUT2D eigenvalue weighted by molar-refractivity contribution is -0.139. The van der Waals surface area contributed by atoms with E-state index in [1.807, 2.05) is 9.80 Å². The first-order valence-corrected chi connectivity index (χ1v) is 7.45. The van der Waals surface area contributed by atoms with Gasteiger partial charge in [0.15, 0.2) is 0 Å². The van der Waals surface area contributed by atoms with Gasteiger partial charge in [-0.25, -0.2) is 0 Å². The van der Waals surface area contributed by atoms with Crippen molar-refractivity contribution in [3.8, 4) is 0 Å². The number of carbonyl (C=O) groups excluding carboxylic acids is 2. The van der Waals surface area contributed by atoms with E-state index in [0.29, 0.717) is 39.3 Å². The zero-order valence-electron chi connectivity index (χ0n) is 12.7. The molecule has 1 N–H and O–H groups in total. The van der Waals surface area contributed by atoms with Crippen molar-refractivity contribution in [1.29, 1.82) is 0 Å². The third-order valence-corrected chi connectivity index (χ3v) is 3.68. The van der Waals surface area contributed by atoms with Gasteiger partial charge in [-0.15, -0.1) is 0 Å². The highest BCUT2D eigenvalue weighted by Gasteiger charge is 2.23. The van der Waals surface area contributed by atoms with Crippen LogP contribution in [0.25, 0.3) is 0 Å². The lowest BCUT2D eigenvalue weighted by Gasteiger charge is -2.35. The average molecular weight is 285 g/mol. The Kier molecular flexibility index (Phi) is 7.54. The molecular weight excluding hydrogens is 258 g/mol. The SMILES string of the molecule is CCCCN(CCO)CC(=O)N1CCN(C(C)=O)CC1. The van der Waals surface area contributed by atoms with E-state index in [1.54, 1.807) is 11.8 Å². The molecule has 1 saturated heterocycles. The van der Waals surface area contributed by atoms with Gasteiger partial charge in [0.05, 0.1) is 13.2 Å². The highest BCUT2D eigenvalue weighted by molar-refractivity contribution is 5.79. The largest absolute Gasteiger partial charge is 0.395 e. The molecule has 6 heteroatoms. The van der Waals surface area contributed by atoms with Crippen LogP contribution in [-0.4, -0.2) is 84.0 Å². The summed E-state index contributed by atoms with van der Waals surface area (Å²) in [5, 5.41) is 9.04.